The van der Waals surface area contributed by atoms with Crippen molar-refractivity contribution in [3.8, 4) is 0 Å². The van der Waals surface area contributed by atoms with Crippen molar-refractivity contribution in [2.24, 2.45) is 0 Å². The zero-order valence-electron chi connectivity index (χ0n) is 8.24. The molecule has 1 unspecified atom stereocenters. The van der Waals surface area contributed by atoms with Crippen LogP contribution in [0, 0.1) is 0 Å². The number of nitrogens with one attached hydrogen (secondary N) is 1. The third-order valence-corrected chi connectivity index (χ3v) is 2.80. The van der Waals surface area contributed by atoms with Crippen LogP contribution in [0.15, 0.2) is 28.7 Å². The topological polar surface area (TPSA) is 49.3 Å². The highest BCUT2D eigenvalue weighted by molar-refractivity contribution is 9.10. The van der Waals surface area contributed by atoms with Crippen molar-refractivity contribution in [2.45, 2.75) is 12.5 Å². The van der Waals surface area contributed by atoms with E-state index in [1.807, 2.05) is 24.3 Å². The van der Waals surface area contributed by atoms with E-state index in [0.717, 1.165) is 10.0 Å². The van der Waals surface area contributed by atoms with Crippen molar-refractivity contribution in [3.05, 3.63) is 34.3 Å². The molecule has 0 spiro atoms. The van der Waals surface area contributed by atoms with Crippen LogP contribution in [0.4, 0.5) is 0 Å². The van der Waals surface area contributed by atoms with Crippen LogP contribution in [0.3, 0.4) is 0 Å². The Hall–Kier alpha value is -0.580. The second-order valence-electron chi connectivity index (χ2n) is 2.98. The molecule has 5 heteroatoms. The van der Waals surface area contributed by atoms with Gasteiger partial charge in [0, 0.05) is 4.47 Å². The molecule has 2 N–H and O–H groups in total. The fraction of sp³-hybridized carbons (Fsp3) is 0.300. The summed E-state index contributed by atoms with van der Waals surface area (Å²) in [4.78, 5) is 10.8. The second kappa shape index (κ2) is 6.82. The normalized spacial score (nSPS) is 11.6. The van der Waals surface area contributed by atoms with Gasteiger partial charge in [-0.2, -0.15) is 0 Å². The third kappa shape index (κ3) is 4.20. The maximum Gasteiger partial charge on any atom is 0.321 e. The Morgan fingerprint density at radius 3 is 2.60 bits per heavy atom. The molecular weight excluding hydrogens is 281 g/mol. The summed E-state index contributed by atoms with van der Waals surface area (Å²) in [5, 5.41) is 11.6. The Morgan fingerprint density at radius 2 is 2.13 bits per heavy atom. The standard InChI is InChI=1S/C10H12BrNO2.ClH/c1-12-9(10(13)14)6-7-4-2-3-5-8(7)11;/h2-5,9,12H,6H2,1H3,(H,13,14);1H. The number of benzene rings is 1. The molecule has 1 aromatic carbocycles. The molecule has 1 aromatic rings. The van der Waals surface area contributed by atoms with Crippen molar-refractivity contribution in [3.63, 3.8) is 0 Å². The van der Waals surface area contributed by atoms with Crippen molar-refractivity contribution < 1.29 is 9.90 Å². The number of halogens is 2. The SMILES string of the molecule is CNC(Cc1ccccc1Br)C(=O)O.Cl. The first-order valence-corrected chi connectivity index (χ1v) is 5.08. The van der Waals surface area contributed by atoms with Gasteiger partial charge in [-0.15, -0.1) is 12.4 Å². The lowest BCUT2D eigenvalue weighted by atomic mass is 10.1. The van der Waals surface area contributed by atoms with Crippen LogP contribution in [0.2, 0.25) is 0 Å². The van der Waals surface area contributed by atoms with Crippen LogP contribution in [0.25, 0.3) is 0 Å². The number of likely N-dealkylation sites (N-methyl/N-ethyl adjacent to an activating group) is 1. The fourth-order valence-corrected chi connectivity index (χ4v) is 1.64. The molecule has 0 aliphatic rings. The van der Waals surface area contributed by atoms with Crippen LogP contribution < -0.4 is 5.32 Å². The molecule has 0 saturated carbocycles. The van der Waals surface area contributed by atoms with Crippen molar-refractivity contribution >= 4 is 34.3 Å². The van der Waals surface area contributed by atoms with Crippen molar-refractivity contribution in [2.75, 3.05) is 7.05 Å². The van der Waals surface area contributed by atoms with E-state index in [1.54, 1.807) is 7.05 Å². The zero-order chi connectivity index (χ0) is 10.6. The molecule has 0 aromatic heterocycles. The molecule has 0 bridgehead atoms. The van der Waals surface area contributed by atoms with E-state index >= 15 is 0 Å². The minimum absolute atomic E-state index is 0. The van der Waals surface area contributed by atoms with Gasteiger partial charge in [-0.3, -0.25) is 4.79 Å². The summed E-state index contributed by atoms with van der Waals surface area (Å²) in [6.07, 6.45) is 0.479. The number of carbonyl (C=O) groups is 1. The third-order valence-electron chi connectivity index (χ3n) is 2.03. The van der Waals surface area contributed by atoms with Crippen molar-refractivity contribution in [1.82, 2.24) is 5.32 Å². The van der Waals surface area contributed by atoms with Gasteiger partial charge in [-0.05, 0) is 25.1 Å². The minimum Gasteiger partial charge on any atom is -0.480 e. The number of hydrogen-bond acceptors (Lipinski definition) is 2. The average molecular weight is 295 g/mol. The first-order chi connectivity index (χ1) is 6.65. The highest BCUT2D eigenvalue weighted by Crippen LogP contribution is 2.17. The summed E-state index contributed by atoms with van der Waals surface area (Å²) in [5.41, 5.74) is 0.995. The quantitative estimate of drug-likeness (QED) is 0.894. The Morgan fingerprint density at radius 1 is 1.53 bits per heavy atom. The molecule has 0 amide bonds. The maximum atomic E-state index is 10.8. The van der Waals surface area contributed by atoms with Crippen LogP contribution in [-0.4, -0.2) is 24.2 Å². The molecule has 0 aliphatic carbocycles. The average Bonchev–Trinajstić information content (AvgIpc) is 2.16. The maximum absolute atomic E-state index is 10.8. The Balaban J connectivity index is 0.00000196. The van der Waals surface area contributed by atoms with E-state index in [0.29, 0.717) is 6.42 Å². The molecule has 0 radical (unpaired) electrons. The Kier molecular flexibility index (Phi) is 6.56. The highest BCUT2D eigenvalue weighted by atomic mass is 79.9. The summed E-state index contributed by atoms with van der Waals surface area (Å²) in [7, 11) is 1.65. The van der Waals surface area contributed by atoms with Gasteiger partial charge in [0.1, 0.15) is 6.04 Å². The molecule has 0 aliphatic heterocycles. The lowest BCUT2D eigenvalue weighted by Gasteiger charge is -2.11. The summed E-state index contributed by atoms with van der Waals surface area (Å²) in [6, 6.07) is 7.09. The van der Waals surface area contributed by atoms with Gasteiger partial charge in [0.05, 0.1) is 0 Å². The summed E-state index contributed by atoms with van der Waals surface area (Å²) in [5.74, 6) is -0.830. The molecule has 0 fully saturated rings. The summed E-state index contributed by atoms with van der Waals surface area (Å²) < 4.78 is 0.946. The largest absolute Gasteiger partial charge is 0.480 e. The van der Waals surface area contributed by atoms with E-state index in [2.05, 4.69) is 21.2 Å². The molecule has 3 nitrogen and oxygen atoms in total. The van der Waals surface area contributed by atoms with Gasteiger partial charge in [0.2, 0.25) is 0 Å². The van der Waals surface area contributed by atoms with Gasteiger partial charge in [-0.1, -0.05) is 34.1 Å². The zero-order valence-corrected chi connectivity index (χ0v) is 10.6. The van der Waals surface area contributed by atoms with E-state index in [9.17, 15) is 4.79 Å². The van der Waals surface area contributed by atoms with Gasteiger partial charge in [-0.25, -0.2) is 0 Å². The van der Waals surface area contributed by atoms with E-state index < -0.39 is 12.0 Å². The number of aliphatic carboxylic acids is 1. The van der Waals surface area contributed by atoms with Gasteiger partial charge < -0.3 is 10.4 Å². The highest BCUT2D eigenvalue weighted by Gasteiger charge is 2.16. The molecule has 1 rings (SSSR count). The van der Waals surface area contributed by atoms with Gasteiger partial charge in [0.15, 0.2) is 0 Å². The number of rotatable bonds is 4. The summed E-state index contributed by atoms with van der Waals surface area (Å²) in [6.45, 7) is 0. The lowest BCUT2D eigenvalue weighted by Crippen LogP contribution is -2.35. The molecule has 84 valence electrons. The number of hydrogen-bond donors (Lipinski definition) is 2. The molecule has 1 atom stereocenters. The van der Waals surface area contributed by atoms with Crippen LogP contribution in [0.1, 0.15) is 5.56 Å². The number of carboxylic acids is 1. The van der Waals surface area contributed by atoms with E-state index in [4.69, 9.17) is 5.11 Å². The molecule has 0 saturated heterocycles. The minimum atomic E-state index is -0.830. The summed E-state index contributed by atoms with van der Waals surface area (Å²) >= 11 is 3.38. The Bertz CT molecular complexity index is 333. The number of carboxylic acid groups (broad SMARTS) is 1. The predicted molar refractivity (Wildman–Crippen MR) is 65.6 cm³/mol. The van der Waals surface area contributed by atoms with Crippen LogP contribution >= 0.6 is 28.3 Å². The van der Waals surface area contributed by atoms with Crippen molar-refractivity contribution in [1.29, 1.82) is 0 Å². The molecule has 0 heterocycles. The molecule has 15 heavy (non-hydrogen) atoms. The van der Waals surface area contributed by atoms with Crippen LogP contribution in [0.5, 0.6) is 0 Å². The smallest absolute Gasteiger partial charge is 0.321 e. The lowest BCUT2D eigenvalue weighted by molar-refractivity contribution is -0.139. The van der Waals surface area contributed by atoms with Crippen LogP contribution in [-0.2, 0) is 11.2 Å². The Labute approximate surface area is 103 Å². The fourth-order valence-electron chi connectivity index (χ4n) is 1.20. The first kappa shape index (κ1) is 14.4. The van der Waals surface area contributed by atoms with Gasteiger partial charge >= 0.3 is 5.97 Å². The first-order valence-electron chi connectivity index (χ1n) is 4.28. The van der Waals surface area contributed by atoms with E-state index in [1.165, 1.54) is 0 Å². The van der Waals surface area contributed by atoms with Gasteiger partial charge in [0.25, 0.3) is 0 Å². The predicted octanol–water partition coefficient (Wildman–Crippen LogP) is 2.09. The monoisotopic (exact) mass is 293 g/mol. The molecular formula is C10H13BrClNO2. The second-order valence-corrected chi connectivity index (χ2v) is 3.83. The van der Waals surface area contributed by atoms with E-state index in [-0.39, 0.29) is 12.4 Å².